The van der Waals surface area contributed by atoms with Gasteiger partial charge in [-0.2, -0.15) is 0 Å². The summed E-state index contributed by atoms with van der Waals surface area (Å²) in [7, 11) is 1.75. The van der Waals surface area contributed by atoms with E-state index in [0.717, 1.165) is 25.4 Å². The molecule has 0 heterocycles. The van der Waals surface area contributed by atoms with Gasteiger partial charge in [-0.25, -0.2) is 9.59 Å². The number of rotatable bonds is 6. The molecule has 0 aliphatic carbocycles. The van der Waals surface area contributed by atoms with Crippen LogP contribution in [0.1, 0.15) is 18.1 Å². The highest BCUT2D eigenvalue weighted by atomic mass is 16.5. The maximum Gasteiger partial charge on any atom is 0.414 e. The zero-order valence-corrected chi connectivity index (χ0v) is 16.5. The topological polar surface area (TPSA) is 87.1 Å². The predicted octanol–water partition coefficient (Wildman–Crippen LogP) is 4.03. The third-order valence-electron chi connectivity index (χ3n) is 4.48. The highest BCUT2D eigenvalue weighted by Crippen LogP contribution is 2.29. The fraction of sp³-hybridized carbons (Fsp3) is 0.217. The Balaban J connectivity index is 0.000000438. The highest BCUT2D eigenvalue weighted by molar-refractivity contribution is 6.27. The first kappa shape index (κ1) is 21.9. The molecule has 3 aromatic rings. The van der Waals surface area contributed by atoms with Gasteiger partial charge in [0.15, 0.2) is 0 Å². The third kappa shape index (κ3) is 6.33. The Morgan fingerprint density at radius 1 is 0.862 bits per heavy atom. The fourth-order valence-electron chi connectivity index (χ4n) is 3.02. The van der Waals surface area contributed by atoms with Crippen LogP contribution >= 0.6 is 0 Å². The Labute approximate surface area is 170 Å². The van der Waals surface area contributed by atoms with E-state index in [1.807, 2.05) is 0 Å². The summed E-state index contributed by atoms with van der Waals surface area (Å²) in [5.41, 5.74) is 2.61. The van der Waals surface area contributed by atoms with Crippen LogP contribution in [0, 0.1) is 0 Å². The van der Waals surface area contributed by atoms with Crippen molar-refractivity contribution in [2.24, 2.45) is 0 Å². The molecule has 0 aliphatic rings. The maximum absolute atomic E-state index is 9.10. The van der Waals surface area contributed by atoms with Crippen molar-refractivity contribution in [1.82, 2.24) is 4.90 Å². The van der Waals surface area contributed by atoms with Crippen LogP contribution in [0.3, 0.4) is 0 Å². The Hall–Kier alpha value is -3.38. The molecule has 6 nitrogen and oxygen atoms in total. The summed E-state index contributed by atoms with van der Waals surface area (Å²) in [6.07, 6.45) is 0. The van der Waals surface area contributed by atoms with Gasteiger partial charge >= 0.3 is 11.9 Å². The van der Waals surface area contributed by atoms with E-state index in [-0.39, 0.29) is 0 Å². The van der Waals surface area contributed by atoms with Crippen molar-refractivity contribution in [3.8, 4) is 5.75 Å². The Morgan fingerprint density at radius 2 is 1.48 bits per heavy atom. The van der Waals surface area contributed by atoms with Crippen molar-refractivity contribution >= 4 is 22.7 Å². The Bertz CT molecular complexity index is 944. The lowest BCUT2D eigenvalue weighted by molar-refractivity contribution is -0.159. The first-order chi connectivity index (χ1) is 14.0. The van der Waals surface area contributed by atoms with Gasteiger partial charge in [-0.1, -0.05) is 67.6 Å². The Kier molecular flexibility index (Phi) is 8.18. The number of carbonyl (C=O) groups is 2. The number of methoxy groups -OCH3 is 1. The predicted molar refractivity (Wildman–Crippen MR) is 112 cm³/mol. The van der Waals surface area contributed by atoms with Crippen LogP contribution in [0.2, 0.25) is 0 Å². The van der Waals surface area contributed by atoms with Crippen LogP contribution in [-0.4, -0.2) is 40.7 Å². The van der Waals surface area contributed by atoms with Gasteiger partial charge < -0.3 is 14.9 Å². The summed E-state index contributed by atoms with van der Waals surface area (Å²) in [6.45, 7) is 5.04. The van der Waals surface area contributed by atoms with Gasteiger partial charge in [0.2, 0.25) is 0 Å². The molecule has 152 valence electrons. The minimum Gasteiger partial charge on any atom is -0.496 e. The van der Waals surface area contributed by atoms with Gasteiger partial charge in [-0.05, 0) is 28.9 Å². The van der Waals surface area contributed by atoms with E-state index in [9.17, 15) is 0 Å². The van der Waals surface area contributed by atoms with Crippen LogP contribution in [0.15, 0.2) is 66.7 Å². The zero-order valence-electron chi connectivity index (χ0n) is 16.5. The second kappa shape index (κ2) is 10.8. The molecule has 0 bridgehead atoms. The number of carboxylic acids is 2. The average molecular weight is 395 g/mol. The standard InChI is InChI=1S/C21H23NO.C2H2O4/c1-3-22(15-17-9-5-4-6-10-17)16-20-19-12-8-7-11-18(19)13-14-21(20)23-2;3-1(4)2(5)6/h4-14H,3,15-16H2,1-2H3;(H,3,4)(H,5,6). The monoisotopic (exact) mass is 395 g/mol. The molecule has 0 amide bonds. The van der Waals surface area contributed by atoms with Gasteiger partial charge in [0.05, 0.1) is 7.11 Å². The molecule has 0 saturated carbocycles. The van der Waals surface area contributed by atoms with Crippen molar-refractivity contribution in [3.05, 3.63) is 77.9 Å². The van der Waals surface area contributed by atoms with Gasteiger partial charge in [-0.15, -0.1) is 0 Å². The molecular formula is C23H25NO5. The molecule has 6 heteroatoms. The molecule has 0 saturated heterocycles. The number of hydrogen-bond donors (Lipinski definition) is 2. The summed E-state index contributed by atoms with van der Waals surface area (Å²) >= 11 is 0. The van der Waals surface area contributed by atoms with Crippen LogP contribution in [-0.2, 0) is 22.7 Å². The van der Waals surface area contributed by atoms with Gasteiger partial charge in [0.25, 0.3) is 0 Å². The number of aliphatic carboxylic acids is 2. The molecular weight excluding hydrogens is 370 g/mol. The van der Waals surface area contributed by atoms with Crippen molar-refractivity contribution < 1.29 is 24.5 Å². The van der Waals surface area contributed by atoms with Gasteiger partial charge in [0.1, 0.15) is 5.75 Å². The summed E-state index contributed by atoms with van der Waals surface area (Å²) in [4.78, 5) is 20.6. The van der Waals surface area contributed by atoms with E-state index >= 15 is 0 Å². The normalized spacial score (nSPS) is 10.3. The molecule has 3 aromatic carbocycles. The molecule has 0 spiro atoms. The summed E-state index contributed by atoms with van der Waals surface area (Å²) in [6, 6.07) is 23.4. The molecule has 0 atom stereocenters. The van der Waals surface area contributed by atoms with Crippen molar-refractivity contribution in [2.45, 2.75) is 20.0 Å². The summed E-state index contributed by atoms with van der Waals surface area (Å²) in [5, 5.41) is 17.3. The lowest BCUT2D eigenvalue weighted by Crippen LogP contribution is -2.22. The maximum atomic E-state index is 9.10. The minimum atomic E-state index is -1.82. The third-order valence-corrected chi connectivity index (χ3v) is 4.48. The second-order valence-corrected chi connectivity index (χ2v) is 6.37. The highest BCUT2D eigenvalue weighted by Gasteiger charge is 2.12. The largest absolute Gasteiger partial charge is 0.496 e. The quantitative estimate of drug-likeness (QED) is 0.613. The van der Waals surface area contributed by atoms with Crippen LogP contribution in [0.25, 0.3) is 10.8 Å². The lowest BCUT2D eigenvalue weighted by Gasteiger charge is -2.23. The van der Waals surface area contributed by atoms with Gasteiger partial charge in [-0.3, -0.25) is 4.90 Å². The number of fused-ring (bicyclic) bond motifs is 1. The SMILES string of the molecule is CCN(Cc1ccccc1)Cc1c(OC)ccc2ccccc12.O=C(O)C(=O)O. The molecule has 3 rings (SSSR count). The number of benzene rings is 3. The van der Waals surface area contributed by atoms with Crippen LogP contribution < -0.4 is 4.74 Å². The lowest BCUT2D eigenvalue weighted by atomic mass is 10.0. The molecule has 0 aromatic heterocycles. The Morgan fingerprint density at radius 3 is 2.07 bits per heavy atom. The molecule has 0 radical (unpaired) electrons. The molecule has 29 heavy (non-hydrogen) atoms. The van der Waals surface area contributed by atoms with E-state index in [2.05, 4.69) is 78.6 Å². The number of carboxylic acid groups (broad SMARTS) is 2. The van der Waals surface area contributed by atoms with Crippen LogP contribution in [0.4, 0.5) is 0 Å². The van der Waals surface area contributed by atoms with E-state index in [1.165, 1.54) is 21.9 Å². The van der Waals surface area contributed by atoms with E-state index in [1.54, 1.807) is 7.11 Å². The van der Waals surface area contributed by atoms with Crippen LogP contribution in [0.5, 0.6) is 5.75 Å². The molecule has 0 aliphatic heterocycles. The zero-order chi connectivity index (χ0) is 21.2. The average Bonchev–Trinajstić information content (AvgIpc) is 2.74. The number of ether oxygens (including phenoxy) is 1. The smallest absolute Gasteiger partial charge is 0.414 e. The first-order valence-electron chi connectivity index (χ1n) is 9.23. The molecule has 0 unspecified atom stereocenters. The molecule has 0 fully saturated rings. The van der Waals surface area contributed by atoms with Crippen molar-refractivity contribution in [2.75, 3.05) is 13.7 Å². The van der Waals surface area contributed by atoms with Gasteiger partial charge in [0, 0.05) is 18.7 Å². The first-order valence-corrected chi connectivity index (χ1v) is 9.23. The van der Waals surface area contributed by atoms with E-state index < -0.39 is 11.9 Å². The van der Waals surface area contributed by atoms with E-state index in [4.69, 9.17) is 24.5 Å². The number of hydrogen-bond acceptors (Lipinski definition) is 4. The molecule has 2 N–H and O–H groups in total. The van der Waals surface area contributed by atoms with Crippen molar-refractivity contribution in [3.63, 3.8) is 0 Å². The van der Waals surface area contributed by atoms with Crippen molar-refractivity contribution in [1.29, 1.82) is 0 Å². The summed E-state index contributed by atoms with van der Waals surface area (Å²) < 4.78 is 5.62. The van der Waals surface area contributed by atoms with E-state index in [0.29, 0.717) is 0 Å². The second-order valence-electron chi connectivity index (χ2n) is 6.37. The fourth-order valence-corrected chi connectivity index (χ4v) is 3.02. The minimum absolute atomic E-state index is 0.885. The number of nitrogens with zero attached hydrogens (tertiary/aromatic N) is 1. The summed E-state index contributed by atoms with van der Waals surface area (Å²) in [5.74, 6) is -2.68.